The standard InChI is InChI=1S/C15H14F3N5O2/c1-21-5-4-20-13(14(21)25)22-6-7-23(12(24)9-22)10-2-3-19-11(8-10)15(16,17)18/h2-5,8H,6-7,9H2,1H3. The van der Waals surface area contributed by atoms with Crippen LogP contribution in [0.2, 0.25) is 0 Å². The van der Waals surface area contributed by atoms with E-state index in [2.05, 4.69) is 9.97 Å². The molecular formula is C15H14F3N5O2. The number of aryl methyl sites for hydroxylation is 1. The first-order valence-corrected chi connectivity index (χ1v) is 7.37. The lowest BCUT2D eigenvalue weighted by atomic mass is 10.2. The van der Waals surface area contributed by atoms with E-state index < -0.39 is 17.8 Å². The van der Waals surface area contributed by atoms with E-state index in [0.29, 0.717) is 0 Å². The zero-order valence-electron chi connectivity index (χ0n) is 13.2. The number of halogens is 3. The van der Waals surface area contributed by atoms with E-state index in [1.165, 1.54) is 32.8 Å². The highest BCUT2D eigenvalue weighted by atomic mass is 19.4. The summed E-state index contributed by atoms with van der Waals surface area (Å²) in [5, 5.41) is 0. The van der Waals surface area contributed by atoms with Gasteiger partial charge in [0, 0.05) is 44.4 Å². The van der Waals surface area contributed by atoms with Crippen LogP contribution < -0.4 is 15.4 Å². The number of alkyl halides is 3. The number of rotatable bonds is 2. The third-order valence-corrected chi connectivity index (χ3v) is 3.86. The SMILES string of the molecule is Cn1ccnc(N2CCN(c3ccnc(C(F)(F)F)c3)C(=O)C2)c1=O. The van der Waals surface area contributed by atoms with Crippen LogP contribution in [-0.4, -0.2) is 40.1 Å². The number of hydrogen-bond donors (Lipinski definition) is 0. The average molecular weight is 353 g/mol. The summed E-state index contributed by atoms with van der Waals surface area (Å²) in [4.78, 5) is 34.5. The molecule has 1 aliphatic heterocycles. The maximum absolute atomic E-state index is 12.8. The van der Waals surface area contributed by atoms with E-state index in [9.17, 15) is 22.8 Å². The van der Waals surface area contributed by atoms with Crippen LogP contribution in [0.4, 0.5) is 24.7 Å². The summed E-state index contributed by atoms with van der Waals surface area (Å²) in [5.41, 5.74) is -1.27. The monoisotopic (exact) mass is 353 g/mol. The number of nitrogens with zero attached hydrogens (tertiary/aromatic N) is 5. The van der Waals surface area contributed by atoms with Crippen LogP contribution in [0.1, 0.15) is 5.69 Å². The van der Waals surface area contributed by atoms with E-state index in [-0.39, 0.29) is 36.7 Å². The lowest BCUT2D eigenvalue weighted by Gasteiger charge is -2.34. The van der Waals surface area contributed by atoms with Crippen LogP contribution >= 0.6 is 0 Å². The maximum Gasteiger partial charge on any atom is 0.433 e. The second-order valence-electron chi connectivity index (χ2n) is 5.53. The van der Waals surface area contributed by atoms with Gasteiger partial charge in [-0.05, 0) is 12.1 Å². The van der Waals surface area contributed by atoms with Gasteiger partial charge in [0.2, 0.25) is 5.91 Å². The molecule has 2 aromatic rings. The van der Waals surface area contributed by atoms with Gasteiger partial charge in [0.05, 0.1) is 6.54 Å². The number of pyridine rings is 1. The van der Waals surface area contributed by atoms with Crippen LogP contribution in [0.15, 0.2) is 35.5 Å². The predicted octanol–water partition coefficient (Wildman–Crippen LogP) is 1.05. The van der Waals surface area contributed by atoms with Crippen molar-refractivity contribution in [2.75, 3.05) is 29.4 Å². The first kappa shape index (κ1) is 16.9. The molecule has 1 fully saturated rings. The highest BCUT2D eigenvalue weighted by molar-refractivity contribution is 5.97. The van der Waals surface area contributed by atoms with Crippen molar-refractivity contribution in [1.29, 1.82) is 0 Å². The van der Waals surface area contributed by atoms with Crippen LogP contribution in [0.3, 0.4) is 0 Å². The Morgan fingerprint density at radius 1 is 1.12 bits per heavy atom. The zero-order valence-corrected chi connectivity index (χ0v) is 13.2. The summed E-state index contributed by atoms with van der Waals surface area (Å²) < 4.78 is 39.7. The van der Waals surface area contributed by atoms with Gasteiger partial charge in [0.25, 0.3) is 5.56 Å². The number of piperazine rings is 1. The summed E-state index contributed by atoms with van der Waals surface area (Å²) in [6, 6.07) is 2.19. The molecule has 2 aromatic heterocycles. The summed E-state index contributed by atoms with van der Waals surface area (Å²) >= 11 is 0. The molecule has 0 N–H and O–H groups in total. The Kier molecular flexibility index (Phi) is 4.19. The second kappa shape index (κ2) is 6.19. The fourth-order valence-electron chi connectivity index (χ4n) is 2.57. The fourth-order valence-corrected chi connectivity index (χ4v) is 2.57. The lowest BCUT2D eigenvalue weighted by Crippen LogP contribution is -2.52. The third-order valence-electron chi connectivity index (χ3n) is 3.86. The second-order valence-corrected chi connectivity index (χ2v) is 5.53. The largest absolute Gasteiger partial charge is 0.433 e. The summed E-state index contributed by atoms with van der Waals surface area (Å²) in [6.07, 6.45) is -0.612. The molecule has 0 atom stereocenters. The molecule has 0 aliphatic carbocycles. The van der Waals surface area contributed by atoms with Crippen molar-refractivity contribution >= 4 is 17.4 Å². The Labute approximate surface area is 140 Å². The quantitative estimate of drug-likeness (QED) is 0.807. The van der Waals surface area contributed by atoms with Gasteiger partial charge >= 0.3 is 6.18 Å². The molecule has 0 bridgehead atoms. The van der Waals surface area contributed by atoms with Crippen molar-refractivity contribution in [3.8, 4) is 0 Å². The first-order valence-electron chi connectivity index (χ1n) is 7.37. The van der Waals surface area contributed by atoms with Gasteiger partial charge in [0.15, 0.2) is 5.82 Å². The third kappa shape index (κ3) is 3.32. The molecule has 0 radical (unpaired) electrons. The van der Waals surface area contributed by atoms with Crippen molar-refractivity contribution in [2.45, 2.75) is 6.18 Å². The molecule has 3 heterocycles. The van der Waals surface area contributed by atoms with Gasteiger partial charge in [-0.15, -0.1) is 0 Å². The van der Waals surface area contributed by atoms with E-state index in [4.69, 9.17) is 0 Å². The Morgan fingerprint density at radius 2 is 1.88 bits per heavy atom. The fraction of sp³-hybridized carbons (Fsp3) is 0.333. The van der Waals surface area contributed by atoms with Crippen LogP contribution in [0.5, 0.6) is 0 Å². The summed E-state index contributed by atoms with van der Waals surface area (Å²) in [5.74, 6) is -0.276. The molecule has 0 spiro atoms. The molecule has 10 heteroatoms. The molecule has 3 rings (SSSR count). The number of hydrogen-bond acceptors (Lipinski definition) is 5. The minimum atomic E-state index is -4.58. The average Bonchev–Trinajstić information content (AvgIpc) is 2.56. The van der Waals surface area contributed by atoms with Crippen molar-refractivity contribution in [3.63, 3.8) is 0 Å². The summed E-state index contributed by atoms with van der Waals surface area (Å²) in [6.45, 7) is 0.275. The van der Waals surface area contributed by atoms with Crippen molar-refractivity contribution in [1.82, 2.24) is 14.5 Å². The Balaban J connectivity index is 1.82. The highest BCUT2D eigenvalue weighted by Crippen LogP contribution is 2.30. The molecular weight excluding hydrogens is 339 g/mol. The Morgan fingerprint density at radius 3 is 2.56 bits per heavy atom. The van der Waals surface area contributed by atoms with Gasteiger partial charge in [-0.25, -0.2) is 4.98 Å². The van der Waals surface area contributed by atoms with E-state index >= 15 is 0 Å². The number of aromatic nitrogens is 3. The minimum absolute atomic E-state index is 0.126. The van der Waals surface area contributed by atoms with Crippen molar-refractivity contribution in [3.05, 3.63) is 46.8 Å². The van der Waals surface area contributed by atoms with E-state index in [1.54, 1.807) is 7.05 Å². The van der Waals surface area contributed by atoms with Crippen molar-refractivity contribution in [2.24, 2.45) is 7.05 Å². The lowest BCUT2D eigenvalue weighted by molar-refractivity contribution is -0.141. The highest BCUT2D eigenvalue weighted by Gasteiger charge is 2.34. The van der Waals surface area contributed by atoms with E-state index in [0.717, 1.165) is 12.3 Å². The summed E-state index contributed by atoms with van der Waals surface area (Å²) in [7, 11) is 1.57. The van der Waals surface area contributed by atoms with Gasteiger partial charge in [-0.1, -0.05) is 0 Å². The normalized spacial score (nSPS) is 15.6. The Hall–Kier alpha value is -2.91. The molecule has 0 aromatic carbocycles. The first-order chi connectivity index (χ1) is 11.8. The number of anilines is 2. The predicted molar refractivity (Wildman–Crippen MR) is 83.3 cm³/mol. The topological polar surface area (TPSA) is 71.3 Å². The zero-order chi connectivity index (χ0) is 18.2. The van der Waals surface area contributed by atoms with Gasteiger partial charge < -0.3 is 14.4 Å². The van der Waals surface area contributed by atoms with Crippen LogP contribution in [0.25, 0.3) is 0 Å². The number of amides is 1. The Bertz CT molecular complexity index is 865. The smallest absolute Gasteiger partial charge is 0.341 e. The molecule has 0 saturated carbocycles. The molecule has 1 saturated heterocycles. The molecule has 7 nitrogen and oxygen atoms in total. The van der Waals surface area contributed by atoms with Gasteiger partial charge in [0.1, 0.15) is 5.69 Å². The molecule has 0 unspecified atom stereocenters. The van der Waals surface area contributed by atoms with Gasteiger partial charge in [-0.2, -0.15) is 13.2 Å². The maximum atomic E-state index is 12.8. The number of carbonyl (C=O) groups excluding carboxylic acids is 1. The van der Waals surface area contributed by atoms with Crippen molar-refractivity contribution < 1.29 is 18.0 Å². The number of carbonyl (C=O) groups is 1. The van der Waals surface area contributed by atoms with Crippen LogP contribution in [0, 0.1) is 0 Å². The van der Waals surface area contributed by atoms with Crippen LogP contribution in [-0.2, 0) is 18.0 Å². The van der Waals surface area contributed by atoms with Gasteiger partial charge in [-0.3, -0.25) is 14.6 Å². The molecule has 1 aliphatic rings. The molecule has 25 heavy (non-hydrogen) atoms. The van der Waals surface area contributed by atoms with E-state index in [1.807, 2.05) is 0 Å². The molecule has 132 valence electrons. The minimum Gasteiger partial charge on any atom is -0.341 e. The molecule has 1 amide bonds.